The summed E-state index contributed by atoms with van der Waals surface area (Å²) in [6.07, 6.45) is 0.321. The third-order valence-corrected chi connectivity index (χ3v) is 6.37. The van der Waals surface area contributed by atoms with Crippen molar-refractivity contribution in [2.24, 2.45) is 0 Å². The zero-order valence-electron chi connectivity index (χ0n) is 14.1. The van der Waals surface area contributed by atoms with Crippen LogP contribution < -0.4 is 4.90 Å². The Kier molecular flexibility index (Phi) is 4.99. The van der Waals surface area contributed by atoms with Gasteiger partial charge in [0.2, 0.25) is 5.91 Å². The van der Waals surface area contributed by atoms with E-state index in [0.29, 0.717) is 38.3 Å². The summed E-state index contributed by atoms with van der Waals surface area (Å²) in [6.45, 7) is 2.50. The van der Waals surface area contributed by atoms with Gasteiger partial charge < -0.3 is 9.80 Å². The molecule has 1 aliphatic heterocycles. The lowest BCUT2D eigenvalue weighted by atomic mass is 10.2. The van der Waals surface area contributed by atoms with E-state index < -0.39 is 0 Å². The fourth-order valence-corrected chi connectivity index (χ4v) is 4.71. The van der Waals surface area contributed by atoms with Crippen molar-refractivity contribution in [3.8, 4) is 9.88 Å². The molecule has 26 heavy (non-hydrogen) atoms. The van der Waals surface area contributed by atoms with E-state index in [1.807, 2.05) is 38.8 Å². The van der Waals surface area contributed by atoms with Gasteiger partial charge in [-0.25, -0.2) is 9.37 Å². The molecule has 1 aliphatic rings. The Hall–Kier alpha value is -2.25. The Morgan fingerprint density at radius 3 is 2.62 bits per heavy atom. The SMILES string of the molecule is O=C(Cc1csc(-c2cccs2)n1)N1CCN(c2ccccc2F)CC1. The number of carbonyl (C=O) groups excluding carboxylic acids is 1. The highest BCUT2D eigenvalue weighted by Crippen LogP contribution is 2.28. The lowest BCUT2D eigenvalue weighted by Crippen LogP contribution is -2.49. The predicted octanol–water partition coefficient (Wildman–Crippen LogP) is 3.90. The summed E-state index contributed by atoms with van der Waals surface area (Å²) in [4.78, 5) is 22.1. The first-order valence-corrected chi connectivity index (χ1v) is 10.2. The fourth-order valence-electron chi connectivity index (χ4n) is 3.07. The van der Waals surface area contributed by atoms with Crippen LogP contribution in [-0.2, 0) is 11.2 Å². The van der Waals surface area contributed by atoms with Crippen molar-refractivity contribution in [3.05, 3.63) is 58.7 Å². The molecule has 0 aliphatic carbocycles. The number of hydrogen-bond acceptors (Lipinski definition) is 5. The maximum atomic E-state index is 13.9. The third kappa shape index (κ3) is 3.64. The van der Waals surface area contributed by atoms with Gasteiger partial charge in [-0.2, -0.15) is 0 Å². The molecule has 7 heteroatoms. The fraction of sp³-hybridized carbons (Fsp3) is 0.263. The van der Waals surface area contributed by atoms with Crippen molar-refractivity contribution in [1.29, 1.82) is 0 Å². The number of anilines is 1. The van der Waals surface area contributed by atoms with Crippen molar-refractivity contribution in [3.63, 3.8) is 0 Å². The quantitative estimate of drug-likeness (QED) is 0.681. The van der Waals surface area contributed by atoms with Gasteiger partial charge in [-0.05, 0) is 23.6 Å². The Morgan fingerprint density at radius 1 is 1.08 bits per heavy atom. The second kappa shape index (κ2) is 7.55. The summed E-state index contributed by atoms with van der Waals surface area (Å²) in [6, 6.07) is 10.8. The van der Waals surface area contributed by atoms with E-state index in [1.54, 1.807) is 34.8 Å². The highest BCUT2D eigenvalue weighted by molar-refractivity contribution is 7.20. The first-order valence-electron chi connectivity index (χ1n) is 8.46. The van der Waals surface area contributed by atoms with Crippen LogP contribution in [0.1, 0.15) is 5.69 Å². The van der Waals surface area contributed by atoms with Gasteiger partial charge in [0.15, 0.2) is 0 Å². The number of carbonyl (C=O) groups is 1. The molecule has 0 spiro atoms. The number of piperazine rings is 1. The first kappa shape index (κ1) is 17.2. The van der Waals surface area contributed by atoms with Gasteiger partial charge >= 0.3 is 0 Å². The maximum absolute atomic E-state index is 13.9. The van der Waals surface area contributed by atoms with E-state index in [1.165, 1.54) is 6.07 Å². The normalized spacial score (nSPS) is 14.7. The number of halogens is 1. The van der Waals surface area contributed by atoms with Crippen LogP contribution in [0.15, 0.2) is 47.2 Å². The molecule has 4 rings (SSSR count). The zero-order valence-corrected chi connectivity index (χ0v) is 15.7. The number of nitrogens with zero attached hydrogens (tertiary/aromatic N) is 3. The average Bonchev–Trinajstić information content (AvgIpc) is 3.34. The van der Waals surface area contributed by atoms with Crippen LogP contribution in [0.5, 0.6) is 0 Å². The van der Waals surface area contributed by atoms with E-state index in [9.17, 15) is 9.18 Å². The number of para-hydroxylation sites is 1. The van der Waals surface area contributed by atoms with Crippen molar-refractivity contribution in [1.82, 2.24) is 9.88 Å². The number of benzene rings is 1. The van der Waals surface area contributed by atoms with E-state index in [2.05, 4.69) is 4.98 Å². The number of aromatic nitrogens is 1. The highest BCUT2D eigenvalue weighted by atomic mass is 32.1. The van der Waals surface area contributed by atoms with Crippen LogP contribution in [0, 0.1) is 5.82 Å². The molecule has 2 aromatic heterocycles. The molecule has 0 atom stereocenters. The second-order valence-electron chi connectivity index (χ2n) is 6.12. The van der Waals surface area contributed by atoms with Crippen LogP contribution >= 0.6 is 22.7 Å². The van der Waals surface area contributed by atoms with Gasteiger partial charge in [0.05, 0.1) is 22.7 Å². The lowest BCUT2D eigenvalue weighted by Gasteiger charge is -2.36. The number of thiazole rings is 1. The number of amides is 1. The summed E-state index contributed by atoms with van der Waals surface area (Å²) >= 11 is 3.23. The minimum Gasteiger partial charge on any atom is -0.366 e. The molecule has 0 bridgehead atoms. The Balaban J connectivity index is 1.35. The van der Waals surface area contributed by atoms with E-state index in [0.717, 1.165) is 15.6 Å². The van der Waals surface area contributed by atoms with Gasteiger partial charge in [0.25, 0.3) is 0 Å². The minimum atomic E-state index is -0.212. The highest BCUT2D eigenvalue weighted by Gasteiger charge is 2.23. The van der Waals surface area contributed by atoms with Gasteiger partial charge in [-0.3, -0.25) is 4.79 Å². The van der Waals surface area contributed by atoms with Crippen LogP contribution in [0.3, 0.4) is 0 Å². The summed E-state index contributed by atoms with van der Waals surface area (Å²) in [5, 5.41) is 4.95. The molecule has 3 aromatic rings. The molecule has 0 radical (unpaired) electrons. The lowest BCUT2D eigenvalue weighted by molar-refractivity contribution is -0.130. The summed E-state index contributed by atoms with van der Waals surface area (Å²) in [7, 11) is 0. The molecule has 1 saturated heterocycles. The summed E-state index contributed by atoms with van der Waals surface area (Å²) in [5.41, 5.74) is 1.43. The smallest absolute Gasteiger partial charge is 0.228 e. The van der Waals surface area contributed by atoms with Crippen LogP contribution in [0.2, 0.25) is 0 Å². The number of thiophene rings is 1. The van der Waals surface area contributed by atoms with Gasteiger partial charge in [-0.15, -0.1) is 22.7 Å². The molecule has 1 amide bonds. The third-order valence-electron chi connectivity index (χ3n) is 4.44. The molecule has 3 heterocycles. The minimum absolute atomic E-state index is 0.0845. The molecule has 0 saturated carbocycles. The number of hydrogen-bond donors (Lipinski definition) is 0. The molecule has 0 unspecified atom stereocenters. The standard InChI is InChI=1S/C19H18FN3OS2/c20-15-4-1-2-5-16(15)22-7-9-23(10-8-22)18(24)12-14-13-26-19(21-14)17-6-3-11-25-17/h1-6,11,13H,7-10,12H2. The van der Waals surface area contributed by atoms with Gasteiger partial charge in [0, 0.05) is 31.6 Å². The molecular weight excluding hydrogens is 369 g/mol. The van der Waals surface area contributed by atoms with Crippen molar-refractivity contribution in [2.45, 2.75) is 6.42 Å². The molecule has 134 valence electrons. The Morgan fingerprint density at radius 2 is 1.88 bits per heavy atom. The molecule has 0 N–H and O–H groups in total. The van der Waals surface area contributed by atoms with Crippen LogP contribution in [0.4, 0.5) is 10.1 Å². The first-order chi connectivity index (χ1) is 12.7. The molecule has 1 aromatic carbocycles. The van der Waals surface area contributed by atoms with Crippen LogP contribution in [-0.4, -0.2) is 42.0 Å². The molecule has 1 fully saturated rings. The van der Waals surface area contributed by atoms with Crippen molar-refractivity contribution in [2.75, 3.05) is 31.1 Å². The largest absolute Gasteiger partial charge is 0.366 e. The predicted molar refractivity (Wildman–Crippen MR) is 104 cm³/mol. The Bertz CT molecular complexity index is 886. The van der Waals surface area contributed by atoms with E-state index in [-0.39, 0.29) is 11.7 Å². The van der Waals surface area contributed by atoms with E-state index in [4.69, 9.17) is 0 Å². The monoisotopic (exact) mass is 387 g/mol. The molecular formula is C19H18FN3OS2. The summed E-state index contributed by atoms with van der Waals surface area (Å²) < 4.78 is 13.9. The number of rotatable bonds is 4. The zero-order chi connectivity index (χ0) is 17.9. The van der Waals surface area contributed by atoms with Crippen molar-refractivity contribution < 1.29 is 9.18 Å². The average molecular weight is 388 g/mol. The Labute approximate surface area is 159 Å². The van der Waals surface area contributed by atoms with Gasteiger partial charge in [-0.1, -0.05) is 18.2 Å². The topological polar surface area (TPSA) is 36.4 Å². The van der Waals surface area contributed by atoms with E-state index >= 15 is 0 Å². The molecule has 4 nitrogen and oxygen atoms in total. The maximum Gasteiger partial charge on any atom is 0.228 e. The van der Waals surface area contributed by atoms with Crippen LogP contribution in [0.25, 0.3) is 9.88 Å². The van der Waals surface area contributed by atoms with Crippen molar-refractivity contribution >= 4 is 34.3 Å². The van der Waals surface area contributed by atoms with Gasteiger partial charge in [0.1, 0.15) is 10.8 Å². The second-order valence-corrected chi connectivity index (χ2v) is 7.92. The summed E-state index contributed by atoms with van der Waals surface area (Å²) in [5.74, 6) is -0.128.